The molecule has 0 amide bonds. The highest BCUT2D eigenvalue weighted by Gasteiger charge is 2.10. The molecule has 4 N–H and O–H groups in total. The lowest BCUT2D eigenvalue weighted by Gasteiger charge is -2.02. The van der Waals surface area contributed by atoms with E-state index in [9.17, 15) is 0 Å². The van der Waals surface area contributed by atoms with E-state index in [0.717, 1.165) is 16.7 Å². The maximum Gasteiger partial charge on any atom is 0.200 e. The van der Waals surface area contributed by atoms with E-state index >= 15 is 0 Å². The van der Waals surface area contributed by atoms with Gasteiger partial charge in [0.15, 0.2) is 16.2 Å². The Morgan fingerprint density at radius 1 is 1.21 bits per heavy atom. The van der Waals surface area contributed by atoms with Crippen LogP contribution >= 0.6 is 24.4 Å². The first-order valence-corrected chi connectivity index (χ1v) is 6.40. The van der Waals surface area contributed by atoms with Crippen molar-refractivity contribution in [2.45, 2.75) is 6.42 Å². The number of para-hydroxylation sites is 2. The number of benzene rings is 1. The Kier molecular flexibility index (Phi) is 2.92. The molecule has 2 aromatic heterocycles. The maximum atomic E-state index is 5.89. The highest BCUT2D eigenvalue weighted by molar-refractivity contribution is 7.72. The van der Waals surface area contributed by atoms with Crippen molar-refractivity contribution in [2.24, 2.45) is 0 Å². The molecule has 7 heteroatoms. The van der Waals surface area contributed by atoms with Crippen LogP contribution in [0.5, 0.6) is 0 Å². The van der Waals surface area contributed by atoms with E-state index in [-0.39, 0.29) is 0 Å². The Labute approximate surface area is 118 Å². The van der Waals surface area contributed by atoms with Gasteiger partial charge < -0.3 is 20.1 Å². The van der Waals surface area contributed by atoms with Gasteiger partial charge in [0.05, 0.1) is 6.42 Å². The van der Waals surface area contributed by atoms with Crippen LogP contribution in [-0.4, -0.2) is 15.0 Å². The Bertz CT molecular complexity index is 829. The van der Waals surface area contributed by atoms with Gasteiger partial charge in [-0.1, -0.05) is 24.4 Å². The third kappa shape index (κ3) is 2.29. The summed E-state index contributed by atoms with van der Waals surface area (Å²) < 4.78 is 6.55. The molecule has 0 aliphatic heterocycles. The summed E-state index contributed by atoms with van der Waals surface area (Å²) in [6, 6.07) is 7.58. The van der Waals surface area contributed by atoms with Crippen LogP contribution in [0.15, 0.2) is 28.7 Å². The van der Waals surface area contributed by atoms with Crippen molar-refractivity contribution in [3.8, 4) is 0 Å². The van der Waals surface area contributed by atoms with Crippen LogP contribution in [0.1, 0.15) is 11.5 Å². The summed E-state index contributed by atoms with van der Waals surface area (Å²) in [6.45, 7) is 0. The van der Waals surface area contributed by atoms with Gasteiger partial charge in [-0.2, -0.15) is 0 Å². The molecule has 3 rings (SSSR count). The number of nitrogens with two attached hydrogens (primary N) is 1. The fourth-order valence-electron chi connectivity index (χ4n) is 1.85. The summed E-state index contributed by atoms with van der Waals surface area (Å²) in [7, 11) is 0. The van der Waals surface area contributed by atoms with E-state index in [1.54, 1.807) is 0 Å². The number of hydrogen-bond donors (Lipinski definition) is 3. The minimum absolute atomic E-state index is 0.406. The predicted molar refractivity (Wildman–Crippen MR) is 78.0 cm³/mol. The van der Waals surface area contributed by atoms with Crippen molar-refractivity contribution in [3.05, 3.63) is 45.1 Å². The number of aromatic nitrogens is 3. The summed E-state index contributed by atoms with van der Waals surface area (Å²) in [5, 5.41) is 0. The zero-order chi connectivity index (χ0) is 13.4. The summed E-state index contributed by atoms with van der Waals surface area (Å²) in [5.41, 5.74) is 8.18. The second kappa shape index (κ2) is 4.60. The van der Waals surface area contributed by atoms with Crippen LogP contribution in [0.3, 0.4) is 0 Å². The van der Waals surface area contributed by atoms with Gasteiger partial charge >= 0.3 is 0 Å². The van der Waals surface area contributed by atoms with Gasteiger partial charge in [-0.05, 0) is 24.4 Å². The molecule has 0 unspecified atom stereocenters. The predicted octanol–water partition coefficient (Wildman–Crippen LogP) is 3.12. The first kappa shape index (κ1) is 12.1. The molecule has 0 saturated heterocycles. The quantitative estimate of drug-likeness (QED) is 0.632. The number of rotatable bonds is 2. The van der Waals surface area contributed by atoms with Gasteiger partial charge in [0.25, 0.3) is 0 Å². The van der Waals surface area contributed by atoms with Gasteiger partial charge in [-0.25, -0.2) is 4.98 Å². The SMILES string of the molecule is Nc1[nH]c(=S)[nH]c(=S)c1Cc1nc2ccccc2o1. The van der Waals surface area contributed by atoms with E-state index in [1.165, 1.54) is 0 Å². The van der Waals surface area contributed by atoms with Crippen LogP contribution in [0, 0.1) is 9.41 Å². The molecule has 1 aromatic carbocycles. The number of fused-ring (bicyclic) bond motifs is 1. The Hall–Kier alpha value is -1.99. The Morgan fingerprint density at radius 3 is 2.74 bits per heavy atom. The summed E-state index contributed by atoms with van der Waals surface area (Å²) in [6.07, 6.45) is 0.419. The van der Waals surface area contributed by atoms with Crippen molar-refractivity contribution >= 4 is 41.4 Å². The number of nitrogens with zero attached hydrogens (tertiary/aromatic N) is 1. The summed E-state index contributed by atoms with van der Waals surface area (Å²) in [4.78, 5) is 10.1. The number of nitrogens with one attached hydrogen (secondary N) is 2. The highest BCUT2D eigenvalue weighted by atomic mass is 32.1. The standard InChI is InChI=1S/C12H10N4OS2/c13-10-6(11(18)16-12(19)15-10)5-9-14-7-3-1-2-4-8(7)17-9/h1-4H,5H2,(H4,13,15,16,18,19). The molecule has 19 heavy (non-hydrogen) atoms. The topological polar surface area (TPSA) is 83.6 Å². The fraction of sp³-hybridized carbons (Fsp3) is 0.0833. The number of oxazole rings is 1. The lowest BCUT2D eigenvalue weighted by molar-refractivity contribution is 0.543. The number of aromatic amines is 2. The van der Waals surface area contributed by atoms with Gasteiger partial charge in [0.2, 0.25) is 0 Å². The smallest absolute Gasteiger partial charge is 0.200 e. The summed E-state index contributed by atoms with van der Waals surface area (Å²) in [5.74, 6) is 1.01. The van der Waals surface area contributed by atoms with E-state index in [2.05, 4.69) is 15.0 Å². The monoisotopic (exact) mass is 290 g/mol. The van der Waals surface area contributed by atoms with Crippen LogP contribution in [0.2, 0.25) is 0 Å². The molecule has 3 aromatic rings. The lowest BCUT2D eigenvalue weighted by atomic mass is 10.2. The van der Waals surface area contributed by atoms with E-state index in [4.69, 9.17) is 34.6 Å². The minimum atomic E-state index is 0.406. The second-order valence-corrected chi connectivity index (χ2v) is 4.87. The van der Waals surface area contributed by atoms with E-state index < -0.39 is 0 Å². The van der Waals surface area contributed by atoms with Crippen molar-refractivity contribution in [1.29, 1.82) is 0 Å². The number of H-pyrrole nitrogens is 2. The average molecular weight is 290 g/mol. The number of hydrogen-bond acceptors (Lipinski definition) is 5. The third-order valence-electron chi connectivity index (χ3n) is 2.74. The lowest BCUT2D eigenvalue weighted by Crippen LogP contribution is -2.02. The number of anilines is 1. The van der Waals surface area contributed by atoms with E-state index in [1.807, 2.05) is 24.3 Å². The van der Waals surface area contributed by atoms with Crippen LogP contribution in [0.25, 0.3) is 11.1 Å². The van der Waals surface area contributed by atoms with Crippen LogP contribution in [0.4, 0.5) is 5.82 Å². The van der Waals surface area contributed by atoms with Gasteiger partial charge in [-0.15, -0.1) is 0 Å². The fourth-order valence-corrected chi connectivity index (χ4v) is 2.41. The molecule has 0 bridgehead atoms. The molecular weight excluding hydrogens is 280 g/mol. The largest absolute Gasteiger partial charge is 0.440 e. The molecule has 0 fully saturated rings. The maximum absolute atomic E-state index is 5.89. The van der Waals surface area contributed by atoms with Gasteiger partial charge in [0, 0.05) is 5.56 Å². The molecule has 0 aliphatic rings. The minimum Gasteiger partial charge on any atom is -0.440 e. The molecule has 0 radical (unpaired) electrons. The first-order valence-electron chi connectivity index (χ1n) is 5.59. The molecular formula is C12H10N4OS2. The molecule has 0 atom stereocenters. The molecule has 0 saturated carbocycles. The number of nitrogen functional groups attached to an aromatic ring is 1. The van der Waals surface area contributed by atoms with Crippen molar-refractivity contribution in [1.82, 2.24) is 15.0 Å². The van der Waals surface area contributed by atoms with Crippen LogP contribution in [-0.2, 0) is 6.42 Å². The third-order valence-corrected chi connectivity index (χ3v) is 3.29. The Balaban J connectivity index is 2.06. The molecule has 2 heterocycles. The van der Waals surface area contributed by atoms with Crippen LogP contribution < -0.4 is 5.73 Å². The second-order valence-electron chi connectivity index (χ2n) is 4.05. The van der Waals surface area contributed by atoms with Gasteiger partial charge in [-0.3, -0.25) is 0 Å². The summed E-state index contributed by atoms with van der Waals surface area (Å²) >= 11 is 10.2. The van der Waals surface area contributed by atoms with E-state index in [0.29, 0.717) is 27.5 Å². The van der Waals surface area contributed by atoms with Crippen molar-refractivity contribution in [2.75, 3.05) is 5.73 Å². The average Bonchev–Trinajstić information content (AvgIpc) is 2.76. The molecule has 0 aliphatic carbocycles. The zero-order valence-corrected chi connectivity index (χ0v) is 11.4. The first-order chi connectivity index (χ1) is 9.13. The molecule has 0 spiro atoms. The molecule has 96 valence electrons. The van der Waals surface area contributed by atoms with Crippen molar-refractivity contribution in [3.63, 3.8) is 0 Å². The Morgan fingerprint density at radius 2 is 2.00 bits per heavy atom. The zero-order valence-electron chi connectivity index (χ0n) is 9.77. The normalized spacial score (nSPS) is 10.9. The highest BCUT2D eigenvalue weighted by Crippen LogP contribution is 2.19. The molecule has 5 nitrogen and oxygen atoms in total. The van der Waals surface area contributed by atoms with Crippen molar-refractivity contribution < 1.29 is 4.42 Å². The van der Waals surface area contributed by atoms with Gasteiger partial charge in [0.1, 0.15) is 16.0 Å².